The summed E-state index contributed by atoms with van der Waals surface area (Å²) in [6.45, 7) is 0.0792. The van der Waals surface area contributed by atoms with Crippen molar-refractivity contribution in [2.75, 3.05) is 6.61 Å². The minimum atomic E-state index is -0.221. The van der Waals surface area contributed by atoms with Gasteiger partial charge in [-0.05, 0) is 37.5 Å². The number of aromatic nitrogens is 2. The van der Waals surface area contributed by atoms with E-state index in [1.165, 1.54) is 0 Å². The van der Waals surface area contributed by atoms with Crippen molar-refractivity contribution in [3.05, 3.63) is 29.0 Å². The smallest absolute Gasteiger partial charge is 0.127 e. The summed E-state index contributed by atoms with van der Waals surface area (Å²) in [7, 11) is 0. The number of nitrogens with zero attached hydrogens (tertiary/aromatic N) is 2. The number of fused-ring (bicyclic) bond motifs is 1. The zero-order valence-electron chi connectivity index (χ0n) is 10.0. The van der Waals surface area contributed by atoms with Crippen molar-refractivity contribution >= 4 is 22.6 Å². The molecule has 3 N–H and O–H groups in total. The topological polar surface area (TPSA) is 64.1 Å². The summed E-state index contributed by atoms with van der Waals surface area (Å²) in [5.41, 5.74) is 8.07. The lowest BCUT2D eigenvalue weighted by molar-refractivity contribution is 0.273. The molecule has 18 heavy (non-hydrogen) atoms. The van der Waals surface area contributed by atoms with E-state index in [2.05, 4.69) is 9.55 Å². The van der Waals surface area contributed by atoms with Gasteiger partial charge in [0.2, 0.25) is 0 Å². The van der Waals surface area contributed by atoms with Crippen molar-refractivity contribution in [1.29, 1.82) is 0 Å². The summed E-state index contributed by atoms with van der Waals surface area (Å²) in [5.74, 6) is 0.865. The third-order valence-corrected chi connectivity index (χ3v) is 3.60. The van der Waals surface area contributed by atoms with E-state index < -0.39 is 0 Å². The molecule has 1 aromatic heterocycles. The standard InChI is InChI=1S/C13H16ClN3O/c14-8-1-4-11-12(7-8)17(9-2-3-9)13(16-11)10(15)5-6-18/h1,4,7,9-10,18H,2-3,5-6,15H2. The molecule has 0 saturated heterocycles. The van der Waals surface area contributed by atoms with Crippen LogP contribution in [0.15, 0.2) is 18.2 Å². The van der Waals surface area contributed by atoms with Gasteiger partial charge in [-0.2, -0.15) is 0 Å². The number of hydrogen-bond acceptors (Lipinski definition) is 3. The van der Waals surface area contributed by atoms with Gasteiger partial charge in [0.1, 0.15) is 5.82 Å². The summed E-state index contributed by atoms with van der Waals surface area (Å²) >= 11 is 6.05. The lowest BCUT2D eigenvalue weighted by Gasteiger charge is -2.13. The second-order valence-corrected chi connectivity index (χ2v) is 5.26. The molecule has 1 saturated carbocycles. The molecule has 3 rings (SSSR count). The third-order valence-electron chi connectivity index (χ3n) is 3.36. The minimum absolute atomic E-state index is 0.0792. The molecule has 1 fully saturated rings. The van der Waals surface area contributed by atoms with E-state index in [4.69, 9.17) is 22.4 Å². The number of rotatable bonds is 4. The average Bonchev–Trinajstić information content (AvgIpc) is 3.10. The van der Waals surface area contributed by atoms with Crippen LogP contribution < -0.4 is 5.73 Å². The van der Waals surface area contributed by atoms with Crippen LogP contribution in [0.4, 0.5) is 0 Å². The van der Waals surface area contributed by atoms with Gasteiger partial charge in [-0.25, -0.2) is 4.98 Å². The second-order valence-electron chi connectivity index (χ2n) is 4.82. The van der Waals surface area contributed by atoms with Gasteiger partial charge in [0, 0.05) is 17.7 Å². The Morgan fingerprint density at radius 1 is 1.50 bits per heavy atom. The fraction of sp³-hybridized carbons (Fsp3) is 0.462. The van der Waals surface area contributed by atoms with E-state index in [9.17, 15) is 0 Å². The Labute approximate surface area is 110 Å². The van der Waals surface area contributed by atoms with Crippen LogP contribution >= 0.6 is 11.6 Å². The van der Waals surface area contributed by atoms with E-state index in [1.54, 1.807) is 0 Å². The number of benzene rings is 1. The first-order chi connectivity index (χ1) is 8.70. The van der Waals surface area contributed by atoms with Crippen LogP contribution in [-0.4, -0.2) is 21.3 Å². The summed E-state index contributed by atoms with van der Waals surface area (Å²) in [5, 5.41) is 9.74. The first-order valence-corrected chi connectivity index (χ1v) is 6.62. The van der Waals surface area contributed by atoms with Gasteiger partial charge in [-0.1, -0.05) is 11.6 Å². The molecule has 4 nitrogen and oxygen atoms in total. The van der Waals surface area contributed by atoms with Crippen molar-refractivity contribution in [1.82, 2.24) is 9.55 Å². The highest BCUT2D eigenvalue weighted by Gasteiger charge is 2.29. The molecule has 1 aliphatic carbocycles. The van der Waals surface area contributed by atoms with E-state index in [1.807, 2.05) is 18.2 Å². The highest BCUT2D eigenvalue weighted by atomic mass is 35.5. The third kappa shape index (κ3) is 2.00. The fourth-order valence-corrected chi connectivity index (χ4v) is 2.50. The van der Waals surface area contributed by atoms with Gasteiger partial charge < -0.3 is 15.4 Å². The Bertz CT molecular complexity index is 577. The van der Waals surface area contributed by atoms with E-state index in [0.29, 0.717) is 17.5 Å². The lowest BCUT2D eigenvalue weighted by Crippen LogP contribution is -2.17. The van der Waals surface area contributed by atoms with E-state index in [0.717, 1.165) is 29.7 Å². The second kappa shape index (κ2) is 4.53. The number of nitrogens with two attached hydrogens (primary N) is 1. The molecular weight excluding hydrogens is 250 g/mol. The molecule has 2 aromatic rings. The molecule has 1 aliphatic rings. The highest BCUT2D eigenvalue weighted by molar-refractivity contribution is 6.31. The van der Waals surface area contributed by atoms with Gasteiger partial charge in [-0.3, -0.25) is 0 Å². The molecule has 0 amide bonds. The van der Waals surface area contributed by atoms with Crippen molar-refractivity contribution in [3.63, 3.8) is 0 Å². The maximum absolute atomic E-state index is 9.02. The van der Waals surface area contributed by atoms with Crippen LogP contribution in [0.2, 0.25) is 5.02 Å². The number of aliphatic hydroxyl groups is 1. The Hall–Kier alpha value is -1.10. The molecule has 1 heterocycles. The zero-order valence-corrected chi connectivity index (χ0v) is 10.8. The van der Waals surface area contributed by atoms with E-state index in [-0.39, 0.29) is 12.6 Å². The number of aliphatic hydroxyl groups excluding tert-OH is 1. The highest BCUT2D eigenvalue weighted by Crippen LogP contribution is 2.40. The predicted octanol–water partition coefficient (Wildman–Crippen LogP) is 2.41. The molecule has 1 aromatic carbocycles. The number of hydrogen-bond donors (Lipinski definition) is 2. The van der Waals surface area contributed by atoms with Gasteiger partial charge >= 0.3 is 0 Å². The lowest BCUT2D eigenvalue weighted by atomic mass is 10.2. The molecule has 1 unspecified atom stereocenters. The molecular formula is C13H16ClN3O. The fourth-order valence-electron chi connectivity index (χ4n) is 2.33. The van der Waals surface area contributed by atoms with Gasteiger partial charge in [0.15, 0.2) is 0 Å². The number of imidazole rings is 1. The van der Waals surface area contributed by atoms with Crippen LogP contribution in [0.5, 0.6) is 0 Å². The van der Waals surface area contributed by atoms with Gasteiger partial charge in [0.05, 0.1) is 17.1 Å². The Morgan fingerprint density at radius 3 is 2.94 bits per heavy atom. The van der Waals surface area contributed by atoms with Crippen molar-refractivity contribution < 1.29 is 5.11 Å². The summed E-state index contributed by atoms with van der Waals surface area (Å²) in [6.07, 6.45) is 2.86. The SMILES string of the molecule is NC(CCO)c1nc2ccc(Cl)cc2n1C1CC1. The molecule has 0 bridgehead atoms. The summed E-state index contributed by atoms with van der Waals surface area (Å²) in [4.78, 5) is 4.60. The predicted molar refractivity (Wildman–Crippen MR) is 71.6 cm³/mol. The van der Waals surface area contributed by atoms with Gasteiger partial charge in [-0.15, -0.1) is 0 Å². The molecule has 96 valence electrons. The van der Waals surface area contributed by atoms with Crippen LogP contribution in [0, 0.1) is 0 Å². The van der Waals surface area contributed by atoms with Crippen molar-refractivity contribution in [2.24, 2.45) is 5.73 Å². The maximum atomic E-state index is 9.02. The van der Waals surface area contributed by atoms with Crippen LogP contribution in [0.25, 0.3) is 11.0 Å². The monoisotopic (exact) mass is 265 g/mol. The Kier molecular flexibility index (Phi) is 3.01. The summed E-state index contributed by atoms with van der Waals surface area (Å²) in [6, 6.07) is 5.98. The average molecular weight is 266 g/mol. The Morgan fingerprint density at radius 2 is 2.28 bits per heavy atom. The van der Waals surface area contributed by atoms with Crippen LogP contribution in [-0.2, 0) is 0 Å². The van der Waals surface area contributed by atoms with Crippen LogP contribution in [0.3, 0.4) is 0 Å². The van der Waals surface area contributed by atoms with Gasteiger partial charge in [0.25, 0.3) is 0 Å². The van der Waals surface area contributed by atoms with Crippen molar-refractivity contribution in [3.8, 4) is 0 Å². The van der Waals surface area contributed by atoms with E-state index >= 15 is 0 Å². The minimum Gasteiger partial charge on any atom is -0.396 e. The maximum Gasteiger partial charge on any atom is 0.127 e. The first-order valence-electron chi connectivity index (χ1n) is 6.24. The normalized spacial score (nSPS) is 17.3. The Balaban J connectivity index is 2.15. The molecule has 0 spiro atoms. The zero-order chi connectivity index (χ0) is 12.7. The summed E-state index contributed by atoms with van der Waals surface area (Å²) < 4.78 is 2.20. The van der Waals surface area contributed by atoms with Crippen molar-refractivity contribution in [2.45, 2.75) is 31.3 Å². The number of halogens is 1. The quantitative estimate of drug-likeness (QED) is 0.892. The van der Waals surface area contributed by atoms with Crippen LogP contribution in [0.1, 0.15) is 37.2 Å². The first kappa shape index (κ1) is 12.0. The molecule has 0 radical (unpaired) electrons. The molecule has 0 aliphatic heterocycles. The molecule has 5 heteroatoms. The largest absolute Gasteiger partial charge is 0.396 e. The molecule has 1 atom stereocenters.